The zero-order valence-electron chi connectivity index (χ0n) is 23.8. The van der Waals surface area contributed by atoms with Gasteiger partial charge in [-0.05, 0) is 0 Å². The third-order valence-electron chi connectivity index (χ3n) is 4.06. The molecule has 0 aliphatic rings. The Bertz CT molecular complexity index is 851. The van der Waals surface area contributed by atoms with Gasteiger partial charge in [0.1, 0.15) is 0 Å². The average molecular weight is 754 g/mol. The van der Waals surface area contributed by atoms with Crippen LogP contribution in [0.25, 0.3) is 0 Å². The fourth-order valence-corrected chi connectivity index (χ4v) is 2.31. The molecular formula is C40H36Sn2. The third kappa shape index (κ3) is 40.7. The molecule has 0 heterocycles. The Morgan fingerprint density at radius 3 is 0.310 bits per heavy atom. The zero-order chi connectivity index (χ0) is 28.9. The summed E-state index contributed by atoms with van der Waals surface area (Å²) in [5.41, 5.74) is 0. The molecular weight excluding hydrogens is 718 g/mol. The summed E-state index contributed by atoms with van der Waals surface area (Å²) in [5.74, 6) is 3.19. The van der Waals surface area contributed by atoms with Gasteiger partial charge in [-0.3, -0.25) is 0 Å². The first-order valence-corrected chi connectivity index (χ1v) is 12.8. The van der Waals surface area contributed by atoms with Crippen molar-refractivity contribution in [3.63, 3.8) is 0 Å². The van der Waals surface area contributed by atoms with Crippen LogP contribution in [0.5, 0.6) is 0 Å². The first-order chi connectivity index (χ1) is 19.9. The molecule has 0 N–H and O–H groups in total. The van der Waals surface area contributed by atoms with Gasteiger partial charge in [0.05, 0.1) is 0 Å². The molecule has 42 heavy (non-hydrogen) atoms. The van der Waals surface area contributed by atoms with Crippen LogP contribution >= 0.6 is 0 Å². The molecule has 0 fully saturated rings. The van der Waals surface area contributed by atoms with Gasteiger partial charge in [0.2, 0.25) is 0 Å². The first kappa shape index (κ1) is 42.7. The molecule has 0 amide bonds. The van der Waals surface area contributed by atoms with E-state index in [1.54, 1.807) is 11.8 Å². The minimum absolute atomic E-state index is 0. The number of benzene rings is 6. The van der Waals surface area contributed by atoms with Gasteiger partial charge in [-0.25, -0.2) is 0 Å². The fraction of sp³-hybridized carbons (Fsp3) is 0. The molecule has 6 rings (SSSR count). The van der Waals surface area contributed by atoms with Crippen molar-refractivity contribution in [2.24, 2.45) is 0 Å². The van der Waals surface area contributed by atoms with Crippen molar-refractivity contribution in [2.45, 2.75) is 0 Å². The summed E-state index contributed by atoms with van der Waals surface area (Å²) in [4.78, 5) is 0. The SMILES string of the molecule is [C+]#CC#[C-].[Sn].[Sn].c1ccccc1.c1ccccc1.c1ccccc1.c1ccccc1.c1ccccc1.c1ccccc1. The predicted octanol–water partition coefficient (Wildman–Crippen LogP) is 9.52. The van der Waals surface area contributed by atoms with E-state index in [-0.39, 0.29) is 47.8 Å². The van der Waals surface area contributed by atoms with E-state index in [4.69, 9.17) is 12.8 Å². The van der Waals surface area contributed by atoms with Crippen LogP contribution in [0.15, 0.2) is 218 Å². The summed E-state index contributed by atoms with van der Waals surface area (Å²) >= 11 is 0. The number of hydrogen-bond donors (Lipinski definition) is 0. The normalized spacial score (nSPS) is 7.17. The van der Waals surface area contributed by atoms with Crippen LogP contribution in [-0.2, 0) is 0 Å². The first-order valence-electron chi connectivity index (χ1n) is 12.8. The van der Waals surface area contributed by atoms with Crippen LogP contribution in [0, 0.1) is 24.7 Å². The third-order valence-corrected chi connectivity index (χ3v) is 4.06. The Morgan fingerprint density at radius 2 is 0.286 bits per heavy atom. The Balaban J connectivity index is -0.000000421. The standard InChI is InChI=1S/6C6H6.C4.2Sn/c6*1-2-4-6-5-3-1;1-3-4-2;;/h6*1-6H;;;. The van der Waals surface area contributed by atoms with Gasteiger partial charge in [0, 0.05) is 47.8 Å². The summed E-state index contributed by atoms with van der Waals surface area (Å²) in [5, 5.41) is 0. The van der Waals surface area contributed by atoms with Gasteiger partial charge in [-0.1, -0.05) is 218 Å². The summed E-state index contributed by atoms with van der Waals surface area (Å²) in [6.07, 6.45) is 11.8. The van der Waals surface area contributed by atoms with Crippen LogP contribution in [0.3, 0.4) is 0 Å². The molecule has 0 nitrogen and oxygen atoms in total. The fourth-order valence-electron chi connectivity index (χ4n) is 2.31. The van der Waals surface area contributed by atoms with E-state index in [2.05, 4.69) is 0 Å². The molecule has 8 radical (unpaired) electrons. The van der Waals surface area contributed by atoms with Crippen molar-refractivity contribution < 1.29 is 0 Å². The Labute approximate surface area is 288 Å². The van der Waals surface area contributed by atoms with E-state index < -0.39 is 0 Å². The number of hydrogen-bond acceptors (Lipinski definition) is 0. The van der Waals surface area contributed by atoms with Crippen molar-refractivity contribution in [3.8, 4) is 11.8 Å². The molecule has 0 unspecified atom stereocenters. The van der Waals surface area contributed by atoms with Crippen molar-refractivity contribution in [3.05, 3.63) is 231 Å². The molecule has 0 bridgehead atoms. The molecule has 0 saturated carbocycles. The predicted molar refractivity (Wildman–Crippen MR) is 184 cm³/mol. The second-order valence-electron chi connectivity index (χ2n) is 7.18. The summed E-state index contributed by atoms with van der Waals surface area (Å²) < 4.78 is 0. The van der Waals surface area contributed by atoms with E-state index in [1.165, 1.54) is 0 Å². The van der Waals surface area contributed by atoms with E-state index in [1.807, 2.05) is 218 Å². The van der Waals surface area contributed by atoms with Gasteiger partial charge in [0.15, 0.2) is 0 Å². The summed E-state index contributed by atoms with van der Waals surface area (Å²) in [6.45, 7) is 0. The molecule has 0 spiro atoms. The summed E-state index contributed by atoms with van der Waals surface area (Å²) in [7, 11) is 0. The smallest absolute Gasteiger partial charge is 0 e. The van der Waals surface area contributed by atoms with Gasteiger partial charge in [0.25, 0.3) is 0 Å². The quantitative estimate of drug-likeness (QED) is 0.0824. The van der Waals surface area contributed by atoms with Crippen LogP contribution in [0.4, 0.5) is 0 Å². The van der Waals surface area contributed by atoms with Crippen molar-refractivity contribution in [2.75, 3.05) is 0 Å². The molecule has 0 aliphatic heterocycles. The van der Waals surface area contributed by atoms with E-state index in [0.717, 1.165) is 0 Å². The molecule has 204 valence electrons. The molecule has 2 heteroatoms. The largest absolute Gasteiger partial charge is 0.0623 e. The maximum atomic E-state index is 5.90. The van der Waals surface area contributed by atoms with Gasteiger partial charge in [-0.15, -0.1) is 0 Å². The minimum atomic E-state index is 0. The molecule has 6 aromatic carbocycles. The zero-order valence-corrected chi connectivity index (χ0v) is 29.5. The Kier molecular flexibility index (Phi) is 42.5. The maximum absolute atomic E-state index is 5.90. The van der Waals surface area contributed by atoms with Crippen LogP contribution < -0.4 is 0 Å². The van der Waals surface area contributed by atoms with Crippen molar-refractivity contribution in [1.82, 2.24) is 0 Å². The molecule has 0 aliphatic carbocycles. The van der Waals surface area contributed by atoms with Crippen LogP contribution in [0.2, 0.25) is 0 Å². The second kappa shape index (κ2) is 41.7. The monoisotopic (exact) mass is 756 g/mol. The van der Waals surface area contributed by atoms with Crippen LogP contribution in [-0.4, -0.2) is 47.8 Å². The molecule has 0 atom stereocenters. The molecule has 6 aromatic rings. The van der Waals surface area contributed by atoms with Gasteiger partial charge < -0.3 is 0 Å². The van der Waals surface area contributed by atoms with E-state index in [9.17, 15) is 0 Å². The van der Waals surface area contributed by atoms with Crippen molar-refractivity contribution in [1.29, 1.82) is 0 Å². The van der Waals surface area contributed by atoms with E-state index >= 15 is 0 Å². The van der Waals surface area contributed by atoms with Crippen molar-refractivity contribution >= 4 is 47.8 Å². The topological polar surface area (TPSA) is 0 Å². The minimum Gasteiger partial charge on any atom is -0.0623 e. The maximum Gasteiger partial charge on any atom is 0 e. The average Bonchev–Trinajstić information content (AvgIpc) is 3.11. The molecule has 0 saturated heterocycles. The second-order valence-corrected chi connectivity index (χ2v) is 7.18. The Hall–Kier alpha value is -3.74. The van der Waals surface area contributed by atoms with E-state index in [0.29, 0.717) is 0 Å². The number of rotatable bonds is 0. The van der Waals surface area contributed by atoms with Gasteiger partial charge in [-0.2, -0.15) is 0 Å². The molecule has 0 aromatic heterocycles. The summed E-state index contributed by atoms with van der Waals surface area (Å²) in [6, 6.07) is 72.0. The van der Waals surface area contributed by atoms with Crippen LogP contribution in [0.1, 0.15) is 0 Å². The van der Waals surface area contributed by atoms with Gasteiger partial charge >= 0.3 is 24.7 Å². The Morgan fingerprint density at radius 1 is 0.238 bits per heavy atom.